The summed E-state index contributed by atoms with van der Waals surface area (Å²) in [6.45, 7) is 4.01. The molecule has 0 saturated heterocycles. The van der Waals surface area contributed by atoms with Crippen LogP contribution in [0.2, 0.25) is 0 Å². The molecule has 0 bridgehead atoms. The fraction of sp³-hybridized carbons (Fsp3) is 0.750. The monoisotopic (exact) mass is 149 g/mol. The third-order valence-electron chi connectivity index (χ3n) is 0.311. The summed E-state index contributed by atoms with van der Waals surface area (Å²) in [4.78, 5) is 3.82. The summed E-state index contributed by atoms with van der Waals surface area (Å²) in [5.74, 6) is 0. The molecule has 0 spiro atoms. The summed E-state index contributed by atoms with van der Waals surface area (Å²) >= 11 is 2.56. The van der Waals surface area contributed by atoms with E-state index >= 15 is 0 Å². The average molecular weight is 148 g/mol. The molecule has 0 amide bonds. The van der Waals surface area contributed by atoms with E-state index in [1.807, 2.05) is 13.8 Å². The van der Waals surface area contributed by atoms with Gasteiger partial charge in [0.05, 0.1) is 0 Å². The van der Waals surface area contributed by atoms with Crippen molar-refractivity contribution in [2.75, 3.05) is 0 Å². The van der Waals surface area contributed by atoms with Gasteiger partial charge in [0, 0.05) is 0 Å². The normalized spacial score (nSPS) is 7.83. The van der Waals surface area contributed by atoms with E-state index in [0.29, 0.717) is 6.04 Å². The van der Waals surface area contributed by atoms with Crippen LogP contribution in [0, 0.1) is 0 Å². The van der Waals surface area contributed by atoms with Crippen LogP contribution >= 0.6 is 0 Å². The van der Waals surface area contributed by atoms with Crippen LogP contribution in [0.25, 0.3) is 0 Å². The maximum absolute atomic E-state index is 3.82. The van der Waals surface area contributed by atoms with Gasteiger partial charge in [0.1, 0.15) is 0 Å². The van der Waals surface area contributed by atoms with Crippen molar-refractivity contribution in [1.29, 1.82) is 0 Å². The molecule has 0 aliphatic heterocycles. The minimum atomic E-state index is 0.381. The molecule has 0 aromatic rings. The summed E-state index contributed by atoms with van der Waals surface area (Å²) < 4.78 is 2.57. The second-order valence-corrected chi connectivity index (χ2v) is 1.70. The molecule has 0 aliphatic carbocycles. The second-order valence-electron chi connectivity index (χ2n) is 1.31. The Hall–Kier alpha value is 0.0995. The number of rotatable bonds is 1. The molecule has 6 heavy (non-hydrogen) atoms. The first-order valence-electron chi connectivity index (χ1n) is 1.84. The van der Waals surface area contributed by atoms with E-state index in [9.17, 15) is 0 Å². The maximum atomic E-state index is 3.82. The quantitative estimate of drug-likeness (QED) is 0.378. The number of aliphatic imine (C=N–C) groups is 1. The Kier molecular flexibility index (Phi) is 3.35. The Labute approximate surface area is 45.8 Å². The Morgan fingerprint density at radius 3 is 2.17 bits per heavy atom. The van der Waals surface area contributed by atoms with Gasteiger partial charge < -0.3 is 0 Å². The summed E-state index contributed by atoms with van der Waals surface area (Å²) in [7, 11) is 0. The van der Waals surface area contributed by atoms with Crippen molar-refractivity contribution < 1.29 is 0 Å². The molecular weight excluding hydrogens is 141 g/mol. The molecule has 0 atom stereocenters. The Morgan fingerprint density at radius 1 is 1.67 bits per heavy atom. The molecule has 0 heterocycles. The number of hydrogen-bond donors (Lipinski definition) is 0. The summed E-state index contributed by atoms with van der Waals surface area (Å²) in [6, 6.07) is 0.381. The molecule has 0 saturated carbocycles. The number of hydrogen-bond acceptors (Lipinski definition) is 1. The van der Waals surface area contributed by atoms with Crippen LogP contribution in [0.5, 0.6) is 0 Å². The summed E-state index contributed by atoms with van der Waals surface area (Å²) in [5.41, 5.74) is 0. The van der Waals surface area contributed by atoms with Gasteiger partial charge in [-0.15, -0.1) is 0 Å². The molecule has 2 heteroatoms. The zero-order chi connectivity index (χ0) is 4.99. The van der Waals surface area contributed by atoms with Crippen molar-refractivity contribution in [1.82, 2.24) is 0 Å². The Balaban J connectivity index is 3.29. The van der Waals surface area contributed by atoms with Gasteiger partial charge in [-0.1, -0.05) is 0 Å². The third-order valence-corrected chi connectivity index (χ3v) is 0.532. The third kappa shape index (κ3) is 4.10. The van der Waals surface area contributed by atoms with Crippen LogP contribution in [0.1, 0.15) is 13.8 Å². The van der Waals surface area contributed by atoms with Crippen molar-refractivity contribution in [3.8, 4) is 0 Å². The van der Waals surface area contributed by atoms with Gasteiger partial charge in [-0.2, -0.15) is 0 Å². The molecule has 1 nitrogen and oxygen atoms in total. The van der Waals surface area contributed by atoms with Crippen LogP contribution < -0.4 is 0 Å². The SMILES string of the molecule is CC(C)N=C=[Se]. The molecular formula is C4H7NSe. The van der Waals surface area contributed by atoms with E-state index in [1.165, 1.54) is 0 Å². The molecule has 0 fully saturated rings. The van der Waals surface area contributed by atoms with Crippen molar-refractivity contribution in [3.05, 3.63) is 0 Å². The van der Waals surface area contributed by atoms with E-state index in [0.717, 1.165) is 0 Å². The van der Waals surface area contributed by atoms with Crippen molar-refractivity contribution in [3.63, 3.8) is 0 Å². The predicted molar refractivity (Wildman–Crippen MR) is 28.3 cm³/mol. The first-order chi connectivity index (χ1) is 2.77. The Morgan fingerprint density at radius 2 is 2.17 bits per heavy atom. The van der Waals surface area contributed by atoms with E-state index in [1.54, 1.807) is 0 Å². The second kappa shape index (κ2) is 3.30. The minimum absolute atomic E-state index is 0.381. The van der Waals surface area contributed by atoms with Gasteiger partial charge >= 0.3 is 45.2 Å². The van der Waals surface area contributed by atoms with Crippen LogP contribution in [-0.2, 0) is 0 Å². The average Bonchev–Trinajstić information content (AvgIpc) is 1.35. The van der Waals surface area contributed by atoms with Crippen molar-refractivity contribution in [2.24, 2.45) is 4.99 Å². The first-order valence-corrected chi connectivity index (χ1v) is 2.70. The van der Waals surface area contributed by atoms with Crippen molar-refractivity contribution >= 4 is 20.3 Å². The van der Waals surface area contributed by atoms with E-state index in [2.05, 4.69) is 25.3 Å². The van der Waals surface area contributed by atoms with Crippen molar-refractivity contribution in [2.45, 2.75) is 19.9 Å². The fourth-order valence-electron chi connectivity index (χ4n) is 0.105. The van der Waals surface area contributed by atoms with Crippen LogP contribution in [0.4, 0.5) is 0 Å². The van der Waals surface area contributed by atoms with Gasteiger partial charge in [0.2, 0.25) is 0 Å². The molecule has 0 radical (unpaired) electrons. The summed E-state index contributed by atoms with van der Waals surface area (Å²) in [6.07, 6.45) is 0. The molecule has 0 aliphatic rings. The molecule has 0 rings (SSSR count). The molecule has 0 aromatic heterocycles. The van der Waals surface area contributed by atoms with Gasteiger partial charge in [-0.25, -0.2) is 0 Å². The van der Waals surface area contributed by atoms with Crippen LogP contribution in [0.15, 0.2) is 4.99 Å². The van der Waals surface area contributed by atoms with Gasteiger partial charge in [-0.3, -0.25) is 0 Å². The summed E-state index contributed by atoms with van der Waals surface area (Å²) in [5, 5.41) is 0. The zero-order valence-corrected chi connectivity index (χ0v) is 5.65. The van der Waals surface area contributed by atoms with E-state index in [4.69, 9.17) is 0 Å². The Bertz CT molecular complexity index is 71.6. The van der Waals surface area contributed by atoms with Crippen LogP contribution in [-0.4, -0.2) is 26.3 Å². The molecule has 0 unspecified atom stereocenters. The molecule has 0 aromatic carbocycles. The fourth-order valence-corrected chi connectivity index (χ4v) is 0.548. The van der Waals surface area contributed by atoms with Crippen LogP contribution in [0.3, 0.4) is 0 Å². The van der Waals surface area contributed by atoms with Gasteiger partial charge in [-0.05, 0) is 0 Å². The van der Waals surface area contributed by atoms with Gasteiger partial charge in [0.15, 0.2) is 0 Å². The van der Waals surface area contributed by atoms with E-state index < -0.39 is 0 Å². The molecule has 34 valence electrons. The van der Waals surface area contributed by atoms with E-state index in [-0.39, 0.29) is 0 Å². The predicted octanol–water partition coefficient (Wildman–Crippen LogP) is 0.469. The topological polar surface area (TPSA) is 12.4 Å². The number of nitrogens with zero attached hydrogens (tertiary/aromatic N) is 1. The molecule has 0 N–H and O–H groups in total. The first kappa shape index (κ1) is 6.10. The zero-order valence-electron chi connectivity index (χ0n) is 3.93. The van der Waals surface area contributed by atoms with Gasteiger partial charge in [0.25, 0.3) is 0 Å². The standard InChI is InChI=1S/C4H7NSe/c1-4(2)5-3-6/h4H,1-2H3.